The van der Waals surface area contributed by atoms with Crippen molar-refractivity contribution in [2.24, 2.45) is 5.92 Å². The number of nitrogens with one attached hydrogen (secondary N) is 2. The van der Waals surface area contributed by atoms with Gasteiger partial charge >= 0.3 is 0 Å². The molecule has 0 saturated heterocycles. The molecule has 0 radical (unpaired) electrons. The van der Waals surface area contributed by atoms with Crippen LogP contribution in [0.3, 0.4) is 0 Å². The first-order valence-corrected chi connectivity index (χ1v) is 8.49. The summed E-state index contributed by atoms with van der Waals surface area (Å²) in [6, 6.07) is 5.22. The molecular weight excluding hydrogens is 322 g/mol. The number of aliphatic hydroxyl groups excluding tert-OH is 1. The first-order valence-electron chi connectivity index (χ1n) is 8.49. The number of carbonyl (C=O) groups excluding carboxylic acids is 1. The van der Waals surface area contributed by atoms with Crippen LogP contribution < -0.4 is 14.8 Å². The first kappa shape index (κ1) is 17.3. The number of H-pyrrole nitrogens is 1. The Morgan fingerprint density at radius 1 is 1.36 bits per heavy atom. The molecule has 2 aromatic rings. The van der Waals surface area contributed by atoms with Crippen molar-refractivity contribution in [3.05, 3.63) is 30.0 Å². The van der Waals surface area contributed by atoms with Crippen molar-refractivity contribution in [3.8, 4) is 22.8 Å². The zero-order chi connectivity index (χ0) is 17.8. The van der Waals surface area contributed by atoms with E-state index in [-0.39, 0.29) is 24.5 Å². The number of carbonyl (C=O) groups is 1. The Bertz CT molecular complexity index is 744. The Labute approximate surface area is 146 Å². The molecule has 3 N–H and O–H groups in total. The smallest absolute Gasteiger partial charge is 0.255 e. The second-order valence-corrected chi connectivity index (χ2v) is 6.17. The van der Waals surface area contributed by atoms with Gasteiger partial charge < -0.3 is 19.9 Å². The lowest BCUT2D eigenvalue weighted by Gasteiger charge is -2.22. The number of aromatic nitrogens is 2. The summed E-state index contributed by atoms with van der Waals surface area (Å²) in [5.41, 5.74) is 1.82. The Balaban J connectivity index is 1.84. The van der Waals surface area contributed by atoms with Crippen LogP contribution in [0.2, 0.25) is 0 Å². The Kier molecular flexibility index (Phi) is 5.23. The molecule has 0 unspecified atom stereocenters. The van der Waals surface area contributed by atoms with Crippen LogP contribution in [0.25, 0.3) is 11.3 Å². The van der Waals surface area contributed by atoms with Gasteiger partial charge in [0.05, 0.1) is 30.1 Å². The molecule has 134 valence electrons. The number of amides is 1. The number of nitrogens with zero attached hydrogens (tertiary/aromatic N) is 1. The highest BCUT2D eigenvalue weighted by molar-refractivity contribution is 6.00. The molecule has 1 aliphatic rings. The standard InChI is InChI=1S/C18H23N3O4/c1-3-11(2)14(10-22)20-18(23)13-9-19-21-17(13)12-4-5-15-16(8-12)25-7-6-24-15/h4-5,8-9,11,14,22H,3,6-7,10H2,1-2H3,(H,19,21)(H,20,23)/t11-,14-/m0/s1. The Hall–Kier alpha value is -2.54. The van der Waals surface area contributed by atoms with Crippen LogP contribution in [0.15, 0.2) is 24.4 Å². The average Bonchev–Trinajstić information content (AvgIpc) is 3.14. The molecule has 0 aliphatic carbocycles. The van der Waals surface area contributed by atoms with Gasteiger partial charge in [-0.15, -0.1) is 0 Å². The summed E-state index contributed by atoms with van der Waals surface area (Å²) >= 11 is 0. The van der Waals surface area contributed by atoms with Crippen LogP contribution in [-0.2, 0) is 0 Å². The Morgan fingerprint density at radius 3 is 2.84 bits per heavy atom. The third-order valence-electron chi connectivity index (χ3n) is 4.56. The monoisotopic (exact) mass is 345 g/mol. The Morgan fingerprint density at radius 2 is 2.12 bits per heavy atom. The van der Waals surface area contributed by atoms with Gasteiger partial charge in [-0.2, -0.15) is 5.10 Å². The van der Waals surface area contributed by atoms with E-state index in [0.29, 0.717) is 36.0 Å². The van der Waals surface area contributed by atoms with Crippen LogP contribution in [-0.4, -0.2) is 47.1 Å². The van der Waals surface area contributed by atoms with Crippen molar-refractivity contribution >= 4 is 5.91 Å². The number of rotatable bonds is 6. The molecule has 0 saturated carbocycles. The van der Waals surface area contributed by atoms with E-state index >= 15 is 0 Å². The molecule has 25 heavy (non-hydrogen) atoms. The molecule has 2 atom stereocenters. The second-order valence-electron chi connectivity index (χ2n) is 6.17. The van der Waals surface area contributed by atoms with Crippen molar-refractivity contribution in [2.45, 2.75) is 26.3 Å². The van der Waals surface area contributed by atoms with Crippen molar-refractivity contribution < 1.29 is 19.4 Å². The first-order chi connectivity index (χ1) is 12.1. The number of aromatic amines is 1. The fourth-order valence-electron chi connectivity index (χ4n) is 2.78. The number of ether oxygens (including phenoxy) is 2. The van der Waals surface area contributed by atoms with E-state index in [1.54, 1.807) is 0 Å². The average molecular weight is 345 g/mol. The molecule has 1 aromatic heterocycles. The number of fused-ring (bicyclic) bond motifs is 1. The summed E-state index contributed by atoms with van der Waals surface area (Å²) in [6.45, 7) is 4.95. The van der Waals surface area contributed by atoms with Crippen molar-refractivity contribution in [2.75, 3.05) is 19.8 Å². The molecule has 0 bridgehead atoms. The minimum Gasteiger partial charge on any atom is -0.486 e. The predicted octanol–water partition coefficient (Wildman–Crippen LogP) is 1.98. The predicted molar refractivity (Wildman–Crippen MR) is 92.8 cm³/mol. The molecule has 7 heteroatoms. The largest absolute Gasteiger partial charge is 0.486 e. The van der Waals surface area contributed by atoms with Gasteiger partial charge in [0.15, 0.2) is 11.5 Å². The van der Waals surface area contributed by atoms with Gasteiger partial charge in [-0.25, -0.2) is 0 Å². The molecule has 0 fully saturated rings. The highest BCUT2D eigenvalue weighted by Gasteiger charge is 2.22. The van der Waals surface area contributed by atoms with Gasteiger partial charge in [0.2, 0.25) is 0 Å². The lowest BCUT2D eigenvalue weighted by molar-refractivity contribution is 0.0892. The van der Waals surface area contributed by atoms with Gasteiger partial charge in [0, 0.05) is 5.56 Å². The van der Waals surface area contributed by atoms with Gasteiger partial charge in [-0.05, 0) is 24.1 Å². The fourth-order valence-corrected chi connectivity index (χ4v) is 2.78. The summed E-state index contributed by atoms with van der Waals surface area (Å²) < 4.78 is 11.1. The third-order valence-corrected chi connectivity index (χ3v) is 4.56. The van der Waals surface area contributed by atoms with E-state index in [9.17, 15) is 9.90 Å². The SMILES string of the molecule is CC[C@H](C)[C@H](CO)NC(=O)c1cn[nH]c1-c1ccc2c(c1)OCCO2. The minimum atomic E-state index is -0.291. The lowest BCUT2D eigenvalue weighted by atomic mass is 9.99. The van der Waals surface area contributed by atoms with Crippen molar-refractivity contribution in [3.63, 3.8) is 0 Å². The molecule has 1 aliphatic heterocycles. The fraction of sp³-hybridized carbons (Fsp3) is 0.444. The highest BCUT2D eigenvalue weighted by atomic mass is 16.6. The van der Waals surface area contributed by atoms with Gasteiger partial charge in [0.1, 0.15) is 13.2 Å². The highest BCUT2D eigenvalue weighted by Crippen LogP contribution is 2.34. The summed E-state index contributed by atoms with van der Waals surface area (Å²) in [6.07, 6.45) is 2.36. The summed E-state index contributed by atoms with van der Waals surface area (Å²) in [7, 11) is 0. The van der Waals surface area contributed by atoms with Crippen LogP contribution in [0.5, 0.6) is 11.5 Å². The molecule has 7 nitrogen and oxygen atoms in total. The zero-order valence-corrected chi connectivity index (χ0v) is 14.4. The normalized spacial score (nSPS) is 15.5. The minimum absolute atomic E-state index is 0.0993. The summed E-state index contributed by atoms with van der Waals surface area (Å²) in [4.78, 5) is 12.6. The summed E-state index contributed by atoms with van der Waals surface area (Å²) in [5.74, 6) is 1.26. The number of aliphatic hydroxyl groups is 1. The topological polar surface area (TPSA) is 96.5 Å². The van der Waals surface area contributed by atoms with Crippen LogP contribution in [0.4, 0.5) is 0 Å². The second kappa shape index (κ2) is 7.57. The molecular formula is C18H23N3O4. The van der Waals surface area contributed by atoms with E-state index in [0.717, 1.165) is 12.0 Å². The van der Waals surface area contributed by atoms with Crippen LogP contribution >= 0.6 is 0 Å². The van der Waals surface area contributed by atoms with Crippen LogP contribution in [0.1, 0.15) is 30.6 Å². The maximum atomic E-state index is 12.6. The maximum Gasteiger partial charge on any atom is 0.255 e. The van der Waals surface area contributed by atoms with E-state index in [4.69, 9.17) is 9.47 Å². The molecule has 1 aromatic carbocycles. The van der Waals surface area contributed by atoms with Gasteiger partial charge in [-0.3, -0.25) is 9.89 Å². The van der Waals surface area contributed by atoms with Crippen LogP contribution in [0, 0.1) is 5.92 Å². The molecule has 2 heterocycles. The molecule has 1 amide bonds. The van der Waals surface area contributed by atoms with E-state index in [1.165, 1.54) is 6.20 Å². The lowest BCUT2D eigenvalue weighted by Crippen LogP contribution is -2.41. The van der Waals surface area contributed by atoms with E-state index in [1.807, 2.05) is 32.0 Å². The zero-order valence-electron chi connectivity index (χ0n) is 14.4. The summed E-state index contributed by atoms with van der Waals surface area (Å²) in [5, 5.41) is 19.3. The third kappa shape index (κ3) is 3.61. The van der Waals surface area contributed by atoms with Crippen molar-refractivity contribution in [1.29, 1.82) is 0 Å². The van der Waals surface area contributed by atoms with Gasteiger partial charge in [0.25, 0.3) is 5.91 Å². The van der Waals surface area contributed by atoms with Gasteiger partial charge in [-0.1, -0.05) is 20.3 Å². The maximum absolute atomic E-state index is 12.6. The van der Waals surface area contributed by atoms with E-state index in [2.05, 4.69) is 15.5 Å². The number of benzene rings is 1. The quantitative estimate of drug-likeness (QED) is 0.744. The molecule has 3 rings (SSSR count). The number of hydrogen-bond donors (Lipinski definition) is 3. The number of hydrogen-bond acceptors (Lipinski definition) is 5. The van der Waals surface area contributed by atoms with Crippen molar-refractivity contribution in [1.82, 2.24) is 15.5 Å². The van der Waals surface area contributed by atoms with E-state index < -0.39 is 0 Å². The molecule has 0 spiro atoms.